The molecule has 0 saturated heterocycles. The van der Waals surface area contributed by atoms with Gasteiger partial charge >= 0.3 is 11.3 Å². The lowest BCUT2D eigenvalue weighted by Crippen LogP contribution is -2.61. The average Bonchev–Trinajstić information content (AvgIpc) is 3.97. The Balaban J connectivity index is 1.35. The maximum Gasteiger partial charge on any atom is 0.309 e. The molecule has 1 atom stereocenters. The quantitative estimate of drug-likeness (QED) is 0.126. The number of fused-ring (bicyclic) bond motifs is 17. The zero-order valence-corrected chi connectivity index (χ0v) is 29.2. The highest BCUT2D eigenvalue weighted by Crippen LogP contribution is 2.67. The molecule has 0 fully saturated rings. The van der Waals surface area contributed by atoms with Gasteiger partial charge < -0.3 is 0 Å². The van der Waals surface area contributed by atoms with Crippen LogP contribution in [0.5, 0.6) is 0 Å². The van der Waals surface area contributed by atoms with Crippen LogP contribution in [-0.2, 0) is 11.1 Å². The molecule has 5 heteroatoms. The van der Waals surface area contributed by atoms with Crippen molar-refractivity contribution in [2.24, 2.45) is 0 Å². The highest BCUT2D eigenvalue weighted by Gasteiger charge is 2.71. The molecule has 0 amide bonds. The maximum absolute atomic E-state index is 5.13. The van der Waals surface area contributed by atoms with E-state index in [4.69, 9.17) is 4.98 Å². The fraction of sp³-hybridized carbons (Fsp3) is 0.104. The van der Waals surface area contributed by atoms with Crippen molar-refractivity contribution >= 4 is 49.5 Å². The minimum atomic E-state index is -0.693. The van der Waals surface area contributed by atoms with Crippen LogP contribution in [0.15, 0.2) is 146 Å². The second-order valence-corrected chi connectivity index (χ2v) is 15.6. The number of hydrogen-bond acceptors (Lipinski definition) is 1. The third-order valence-electron chi connectivity index (χ3n) is 13.3. The van der Waals surface area contributed by atoms with Crippen molar-refractivity contribution in [2.45, 2.75) is 31.0 Å². The Morgan fingerprint density at radius 2 is 1.23 bits per heavy atom. The lowest BCUT2D eigenvalue weighted by molar-refractivity contribution is -0.704. The van der Waals surface area contributed by atoms with Crippen LogP contribution >= 0.6 is 0 Å². The number of hydrogen-bond donors (Lipinski definition) is 0. The number of nitrogens with zero attached hydrogens (tertiary/aromatic N) is 5. The van der Waals surface area contributed by atoms with Crippen molar-refractivity contribution in [1.82, 2.24) is 14.0 Å². The molecule has 0 bridgehead atoms. The van der Waals surface area contributed by atoms with Crippen LogP contribution in [0.25, 0.3) is 72.0 Å². The zero-order valence-electron chi connectivity index (χ0n) is 29.2. The number of aromatic nitrogens is 5. The fourth-order valence-corrected chi connectivity index (χ4v) is 11.8. The van der Waals surface area contributed by atoms with Gasteiger partial charge in [0.1, 0.15) is 0 Å². The summed E-state index contributed by atoms with van der Waals surface area (Å²) in [6.45, 7) is 4.67. The minimum absolute atomic E-state index is 0.243. The second-order valence-electron chi connectivity index (χ2n) is 15.6. The summed E-state index contributed by atoms with van der Waals surface area (Å²) >= 11 is 0. The van der Waals surface area contributed by atoms with Crippen LogP contribution in [-0.4, -0.2) is 14.0 Å². The average molecular weight is 678 g/mol. The Hall–Kier alpha value is -6.59. The molecule has 2 spiro atoms. The van der Waals surface area contributed by atoms with Crippen LogP contribution < -0.4 is 9.13 Å². The van der Waals surface area contributed by atoms with Gasteiger partial charge in [-0.15, -0.1) is 0 Å². The summed E-state index contributed by atoms with van der Waals surface area (Å²) < 4.78 is 10.5. The van der Waals surface area contributed by atoms with Crippen molar-refractivity contribution < 1.29 is 9.13 Å². The molecule has 246 valence electrons. The van der Waals surface area contributed by atoms with Crippen molar-refractivity contribution in [2.75, 3.05) is 0 Å². The smallest absolute Gasteiger partial charge is 0.221 e. The van der Waals surface area contributed by atoms with Gasteiger partial charge in [0.15, 0.2) is 22.1 Å². The topological polar surface area (TPSA) is 30.0 Å². The first-order valence-corrected chi connectivity index (χ1v) is 18.8. The molecule has 6 aromatic carbocycles. The Morgan fingerprint density at radius 1 is 0.566 bits per heavy atom. The second kappa shape index (κ2) is 8.54. The van der Waals surface area contributed by atoms with E-state index in [9.17, 15) is 0 Å². The molecule has 14 rings (SSSR count). The summed E-state index contributed by atoms with van der Waals surface area (Å²) in [6, 6.07) is 53.1. The summed E-state index contributed by atoms with van der Waals surface area (Å²) in [5.74, 6) is 1.27. The van der Waals surface area contributed by atoms with E-state index in [1.165, 1.54) is 99.8 Å². The largest absolute Gasteiger partial charge is 0.309 e. The molecule has 2 aliphatic heterocycles. The molecule has 53 heavy (non-hydrogen) atoms. The Labute approximate surface area is 304 Å². The monoisotopic (exact) mass is 677 g/mol. The summed E-state index contributed by atoms with van der Waals surface area (Å²) in [5, 5.41) is 3.75. The highest BCUT2D eigenvalue weighted by molar-refractivity contribution is 6.16. The Bertz CT molecular complexity index is 3350. The molecule has 0 N–H and O–H groups in total. The number of rotatable bonds is 1. The first kappa shape index (κ1) is 27.1. The number of imidazole rings is 2. The summed E-state index contributed by atoms with van der Waals surface area (Å²) in [6.07, 6.45) is 1.95. The van der Waals surface area contributed by atoms with Crippen molar-refractivity contribution in [3.63, 3.8) is 0 Å². The van der Waals surface area contributed by atoms with Crippen LogP contribution in [0.1, 0.15) is 53.3 Å². The van der Waals surface area contributed by atoms with Gasteiger partial charge in [0.2, 0.25) is 5.65 Å². The lowest BCUT2D eigenvalue weighted by atomic mass is 9.58. The third-order valence-corrected chi connectivity index (χ3v) is 13.3. The van der Waals surface area contributed by atoms with Gasteiger partial charge in [-0.05, 0) is 89.7 Å². The van der Waals surface area contributed by atoms with Crippen molar-refractivity contribution in [3.8, 4) is 22.5 Å². The first-order valence-electron chi connectivity index (χ1n) is 18.8. The Morgan fingerprint density at radius 3 is 2.02 bits per heavy atom. The summed E-state index contributed by atoms with van der Waals surface area (Å²) in [5.41, 5.74) is 18.1. The van der Waals surface area contributed by atoms with Crippen LogP contribution in [0.4, 0.5) is 0 Å². The third kappa shape index (κ3) is 2.54. The summed E-state index contributed by atoms with van der Waals surface area (Å²) in [4.78, 5) is 5.13. The van der Waals surface area contributed by atoms with Gasteiger partial charge in [-0.2, -0.15) is 13.5 Å². The van der Waals surface area contributed by atoms with E-state index in [1.807, 2.05) is 6.20 Å². The molecule has 6 heterocycles. The molecular weight excluding hydrogens is 647 g/mol. The summed E-state index contributed by atoms with van der Waals surface area (Å²) in [7, 11) is 0. The SMILES string of the molecule is CC(C)[n+]1c2n(c3ccccc31)C13c4c-2cccc4C2(c4ccccc4-c4ccccc42)c2ccc4c5cccnc5n5c6ccccc6[n+]1c5c4c23. The minimum Gasteiger partial charge on any atom is -0.221 e. The standard InChI is InChI=1S/C48H31N5/c1-27(2)50-37-20-7-9-22-39(37)52-45(50)32-15-11-19-35-42(32)48(52)43-36(47(35)33-17-5-3-13-28(33)29-14-4-6-18-34(29)47)25-24-30-31-16-12-26-49-44(31)51-38-21-8-10-23-40(38)53(48)46(51)41(30)43/h3-27H,1-2H3/q+2. The van der Waals surface area contributed by atoms with Gasteiger partial charge in [0.25, 0.3) is 5.82 Å². The van der Waals surface area contributed by atoms with Gasteiger partial charge in [0.05, 0.1) is 38.9 Å². The number of pyridine rings is 2. The molecule has 0 radical (unpaired) electrons. The van der Waals surface area contributed by atoms with E-state index in [0.717, 1.165) is 5.65 Å². The van der Waals surface area contributed by atoms with E-state index >= 15 is 0 Å². The van der Waals surface area contributed by atoms with Crippen molar-refractivity contribution in [3.05, 3.63) is 179 Å². The van der Waals surface area contributed by atoms with Gasteiger partial charge in [-0.3, -0.25) is 0 Å². The van der Waals surface area contributed by atoms with Gasteiger partial charge in [0, 0.05) is 11.6 Å². The normalized spacial score (nSPS) is 17.6. The van der Waals surface area contributed by atoms with Gasteiger partial charge in [-0.25, -0.2) is 9.55 Å². The molecule has 10 aromatic rings. The maximum atomic E-state index is 5.13. The number of para-hydroxylation sites is 4. The van der Waals surface area contributed by atoms with E-state index in [1.54, 1.807) is 0 Å². The fourth-order valence-electron chi connectivity index (χ4n) is 11.8. The van der Waals surface area contributed by atoms with E-state index in [2.05, 4.69) is 171 Å². The molecule has 0 saturated carbocycles. The Kier molecular flexibility index (Phi) is 4.37. The predicted molar refractivity (Wildman–Crippen MR) is 208 cm³/mol. The highest BCUT2D eigenvalue weighted by atomic mass is 15.4. The lowest BCUT2D eigenvalue weighted by Gasteiger charge is -2.43. The van der Waals surface area contributed by atoms with E-state index in [0.29, 0.717) is 0 Å². The van der Waals surface area contributed by atoms with E-state index in [-0.39, 0.29) is 6.04 Å². The van der Waals surface area contributed by atoms with E-state index < -0.39 is 11.1 Å². The molecule has 5 nitrogen and oxygen atoms in total. The molecule has 2 aliphatic carbocycles. The number of benzene rings is 6. The van der Waals surface area contributed by atoms with Crippen LogP contribution in [0.2, 0.25) is 0 Å². The zero-order chi connectivity index (χ0) is 34.5. The van der Waals surface area contributed by atoms with Crippen LogP contribution in [0.3, 0.4) is 0 Å². The first-order chi connectivity index (χ1) is 26.2. The van der Waals surface area contributed by atoms with Crippen LogP contribution in [0, 0.1) is 0 Å². The molecular formula is C48H31N5+2. The van der Waals surface area contributed by atoms with Crippen molar-refractivity contribution in [1.29, 1.82) is 0 Å². The molecule has 4 aliphatic rings. The van der Waals surface area contributed by atoms with Gasteiger partial charge in [-0.1, -0.05) is 97.1 Å². The molecule has 4 aromatic heterocycles. The predicted octanol–water partition coefficient (Wildman–Crippen LogP) is 9.17. The molecule has 1 unspecified atom stereocenters.